The molecule has 0 saturated carbocycles. The van der Waals surface area contributed by atoms with Crippen molar-refractivity contribution < 1.29 is 14.6 Å². The lowest BCUT2D eigenvalue weighted by Gasteiger charge is -2.28. The van der Waals surface area contributed by atoms with Gasteiger partial charge in [-0.15, -0.1) is 0 Å². The zero-order valence-electron chi connectivity index (χ0n) is 21.5. The minimum Gasteiger partial charge on any atom is -0.492 e. The van der Waals surface area contributed by atoms with E-state index in [2.05, 4.69) is 40.9 Å². The maximum absolute atomic E-state index is 11.9. The lowest BCUT2D eigenvalue weighted by molar-refractivity contribution is -0.144. The summed E-state index contributed by atoms with van der Waals surface area (Å²) in [6.07, 6.45) is 14.8. The van der Waals surface area contributed by atoms with Crippen molar-refractivity contribution in [3.8, 4) is 5.75 Å². The van der Waals surface area contributed by atoms with Crippen LogP contribution in [0.4, 0.5) is 0 Å². The molecule has 0 fully saturated rings. The topological polar surface area (TPSA) is 53.0 Å². The van der Waals surface area contributed by atoms with Crippen LogP contribution in [0.25, 0.3) is 0 Å². The molecule has 1 aliphatic carbocycles. The van der Waals surface area contributed by atoms with Gasteiger partial charge in [0.1, 0.15) is 18.4 Å². The molecule has 4 rings (SSSR count). The third-order valence-corrected chi connectivity index (χ3v) is 7.36. The average Bonchev–Trinajstić information content (AvgIpc) is 2.91. The molecule has 0 aromatic heterocycles. The Balaban J connectivity index is 1.29. The Kier molecular flexibility index (Phi) is 10.1. The third-order valence-electron chi connectivity index (χ3n) is 6.55. The van der Waals surface area contributed by atoms with Crippen LogP contribution in [-0.4, -0.2) is 40.1 Å². The number of benzene rings is 2. The summed E-state index contributed by atoms with van der Waals surface area (Å²) in [6.45, 7) is 4.45. The minimum atomic E-state index is -0.784. The normalized spacial score (nSPS) is 15.9. The fourth-order valence-corrected chi connectivity index (χ4v) is 5.44. The second-order valence-electron chi connectivity index (χ2n) is 9.35. The van der Waals surface area contributed by atoms with E-state index in [1.54, 1.807) is 11.8 Å². The van der Waals surface area contributed by atoms with Crippen LogP contribution >= 0.6 is 11.8 Å². The van der Waals surface area contributed by atoms with Crippen molar-refractivity contribution >= 4 is 17.7 Å². The lowest BCUT2D eigenvalue weighted by Crippen LogP contribution is -2.39. The highest BCUT2D eigenvalue weighted by Gasteiger charge is 2.24. The molecule has 6 heteroatoms. The monoisotopic (exact) mass is 516 g/mol. The summed E-state index contributed by atoms with van der Waals surface area (Å²) in [6, 6.07) is 17.5. The highest BCUT2D eigenvalue weighted by Crippen LogP contribution is 2.31. The van der Waals surface area contributed by atoms with Crippen LogP contribution in [0.2, 0.25) is 0 Å². The highest BCUT2D eigenvalue weighted by molar-refractivity contribution is 8.05. The molecule has 1 atom stereocenters. The van der Waals surface area contributed by atoms with E-state index < -0.39 is 12.0 Å². The van der Waals surface area contributed by atoms with Gasteiger partial charge in [0.25, 0.3) is 0 Å². The van der Waals surface area contributed by atoms with E-state index in [0.29, 0.717) is 26.1 Å². The van der Waals surface area contributed by atoms with Crippen LogP contribution in [0.15, 0.2) is 101 Å². The predicted octanol–water partition coefficient (Wildman–Crippen LogP) is 6.96. The summed E-state index contributed by atoms with van der Waals surface area (Å²) in [5.41, 5.74) is 3.67. The summed E-state index contributed by atoms with van der Waals surface area (Å²) in [7, 11) is 0. The molecule has 1 aliphatic heterocycles. The number of ether oxygens (including phenoxy) is 1. The van der Waals surface area contributed by atoms with E-state index >= 15 is 0 Å². The van der Waals surface area contributed by atoms with Gasteiger partial charge in [0.2, 0.25) is 0 Å². The first-order chi connectivity index (χ1) is 18.1. The van der Waals surface area contributed by atoms with Crippen molar-refractivity contribution in [1.29, 1.82) is 0 Å². The van der Waals surface area contributed by atoms with Gasteiger partial charge >= 0.3 is 5.97 Å². The van der Waals surface area contributed by atoms with Crippen LogP contribution in [-0.2, 0) is 17.9 Å². The van der Waals surface area contributed by atoms with Gasteiger partial charge in [-0.2, -0.15) is 0 Å². The molecule has 2 aromatic rings. The molecule has 1 heterocycles. The molecule has 0 bridgehead atoms. The molecule has 1 unspecified atom stereocenters. The second-order valence-corrected chi connectivity index (χ2v) is 10.4. The molecule has 194 valence electrons. The smallest absolute Gasteiger partial charge is 0.320 e. The first-order valence-electron chi connectivity index (χ1n) is 13.0. The molecule has 1 N–H and O–H groups in total. The van der Waals surface area contributed by atoms with E-state index in [-0.39, 0.29) is 0 Å². The van der Waals surface area contributed by atoms with E-state index in [4.69, 9.17) is 4.74 Å². The van der Waals surface area contributed by atoms with Crippen molar-refractivity contribution in [2.75, 3.05) is 13.2 Å². The van der Waals surface area contributed by atoms with Crippen molar-refractivity contribution in [2.24, 2.45) is 0 Å². The van der Waals surface area contributed by atoms with Gasteiger partial charge in [0.05, 0.1) is 6.54 Å². The number of aliphatic carboxylic acids is 1. The third kappa shape index (κ3) is 8.41. The Hall–Kier alpha value is -3.22. The summed E-state index contributed by atoms with van der Waals surface area (Å²) >= 11 is 1.79. The van der Waals surface area contributed by atoms with Crippen LogP contribution < -0.4 is 4.74 Å². The second kappa shape index (κ2) is 13.9. The summed E-state index contributed by atoms with van der Waals surface area (Å²) in [5, 5.41) is 11.9. The maximum Gasteiger partial charge on any atom is 0.320 e. The Morgan fingerprint density at radius 3 is 2.54 bits per heavy atom. The van der Waals surface area contributed by atoms with E-state index in [0.717, 1.165) is 42.7 Å². The Bertz CT molecular complexity index is 1140. The molecule has 0 saturated heterocycles. The summed E-state index contributed by atoms with van der Waals surface area (Å²) < 4.78 is 6.02. The number of carbonyl (C=O) groups is 1. The van der Waals surface area contributed by atoms with Gasteiger partial charge in [-0.1, -0.05) is 85.0 Å². The van der Waals surface area contributed by atoms with Gasteiger partial charge in [-0.05, 0) is 47.9 Å². The minimum absolute atomic E-state index is 0.532. The van der Waals surface area contributed by atoms with Crippen molar-refractivity contribution in [3.63, 3.8) is 0 Å². The molecule has 37 heavy (non-hydrogen) atoms. The number of rotatable bonds is 13. The highest BCUT2D eigenvalue weighted by atomic mass is 32.2. The molecule has 2 aromatic carbocycles. The number of nitrogens with zero attached hydrogens (tertiary/aromatic N) is 2. The Morgan fingerprint density at radius 1 is 1.11 bits per heavy atom. The molecule has 0 spiro atoms. The van der Waals surface area contributed by atoms with Gasteiger partial charge in [-0.3, -0.25) is 9.69 Å². The zero-order chi connectivity index (χ0) is 25.9. The van der Waals surface area contributed by atoms with E-state index in [1.165, 1.54) is 10.5 Å². The van der Waals surface area contributed by atoms with Crippen LogP contribution in [0.1, 0.15) is 43.7 Å². The summed E-state index contributed by atoms with van der Waals surface area (Å²) in [5.74, 6) is 0.0374. The van der Waals surface area contributed by atoms with Gasteiger partial charge in [-0.25, -0.2) is 0 Å². The van der Waals surface area contributed by atoms with Crippen molar-refractivity contribution in [2.45, 2.75) is 51.7 Å². The quantitative estimate of drug-likeness (QED) is 0.311. The van der Waals surface area contributed by atoms with E-state index in [9.17, 15) is 9.90 Å². The molecule has 0 radical (unpaired) electrons. The van der Waals surface area contributed by atoms with Crippen LogP contribution in [0, 0.1) is 0 Å². The number of hydrogen-bond donors (Lipinski definition) is 1. The van der Waals surface area contributed by atoms with Gasteiger partial charge in [0.15, 0.2) is 0 Å². The van der Waals surface area contributed by atoms with Crippen LogP contribution in [0.5, 0.6) is 5.75 Å². The zero-order valence-corrected chi connectivity index (χ0v) is 22.3. The number of thioether (sulfide) groups is 1. The number of carboxylic acid groups (broad SMARTS) is 1. The summed E-state index contributed by atoms with van der Waals surface area (Å²) in [4.78, 5) is 17.5. The average molecular weight is 517 g/mol. The fourth-order valence-electron chi connectivity index (χ4n) is 4.58. The molecule has 2 aliphatic rings. The lowest BCUT2D eigenvalue weighted by atomic mass is 10.0. The van der Waals surface area contributed by atoms with Crippen molar-refractivity contribution in [3.05, 3.63) is 112 Å². The largest absolute Gasteiger partial charge is 0.492 e. The molecule has 5 nitrogen and oxygen atoms in total. The van der Waals surface area contributed by atoms with Gasteiger partial charge in [0, 0.05) is 36.8 Å². The molecular formula is C31H36N2O3S. The molecule has 0 amide bonds. The Labute approximate surface area is 224 Å². The van der Waals surface area contributed by atoms with E-state index in [1.807, 2.05) is 66.4 Å². The van der Waals surface area contributed by atoms with Gasteiger partial charge < -0.3 is 14.7 Å². The Morgan fingerprint density at radius 2 is 1.86 bits per heavy atom. The first kappa shape index (κ1) is 26.8. The standard InChI is InChI=1S/C31H36N2O3S/c1-2-30(31(34)35)33(22-26-11-7-4-8-12-26)23-27-13-15-28(16-14-27)36-19-17-32-18-20-37-29(24-32)21-25-9-5-3-6-10-25/h3-5,7-9,11-16,18,20,24,30H,2,6,10,17,19,21-23H2,1H3,(H,34,35). The number of allylic oxidation sites excluding steroid dienone is 5. The number of hydrogen-bond acceptors (Lipinski definition) is 5. The van der Waals surface area contributed by atoms with Crippen molar-refractivity contribution in [1.82, 2.24) is 9.80 Å². The maximum atomic E-state index is 11.9. The first-order valence-corrected chi connectivity index (χ1v) is 13.9. The fraction of sp³-hybridized carbons (Fsp3) is 0.323. The SMILES string of the molecule is CCC(C(=O)O)N(Cc1ccccc1)Cc1ccc(OCCN2C=CSC(CC3=CC=CCC3)=C2)cc1. The predicted molar refractivity (Wildman–Crippen MR) is 152 cm³/mol. The van der Waals surface area contributed by atoms with Crippen LogP contribution in [0.3, 0.4) is 0 Å². The molecular weight excluding hydrogens is 480 g/mol. The number of carboxylic acids is 1.